The summed E-state index contributed by atoms with van der Waals surface area (Å²) < 4.78 is 5.36. The third-order valence-corrected chi connectivity index (χ3v) is 5.57. The summed E-state index contributed by atoms with van der Waals surface area (Å²) in [5, 5.41) is 3.35. The molecule has 0 spiro atoms. The summed E-state index contributed by atoms with van der Waals surface area (Å²) in [6.45, 7) is 3.38. The van der Waals surface area contributed by atoms with Gasteiger partial charge in [0, 0.05) is 61.5 Å². The van der Waals surface area contributed by atoms with E-state index in [9.17, 15) is 4.79 Å². The van der Waals surface area contributed by atoms with E-state index in [0.29, 0.717) is 12.3 Å². The number of methoxy groups -OCH3 is 1. The number of hydrogen-bond acceptors (Lipinski definition) is 5. The molecule has 1 aromatic carbocycles. The van der Waals surface area contributed by atoms with Gasteiger partial charge in [0.2, 0.25) is 5.91 Å². The lowest BCUT2D eigenvalue weighted by molar-refractivity contribution is -0.131. The number of hydrogen-bond donors (Lipinski definition) is 1. The number of ether oxygens (including phenoxy) is 1. The van der Waals surface area contributed by atoms with E-state index in [2.05, 4.69) is 10.3 Å². The van der Waals surface area contributed by atoms with Crippen LogP contribution in [0.15, 0.2) is 30.5 Å². The SMILES string of the molecule is COc1ccccc1CC(=O)N1CCC(c2ncc3c(n2)CCNC3)CC1. The molecule has 1 N–H and O–H groups in total. The van der Waals surface area contributed by atoms with E-state index in [1.165, 1.54) is 11.3 Å². The van der Waals surface area contributed by atoms with Gasteiger partial charge in [0.25, 0.3) is 0 Å². The van der Waals surface area contributed by atoms with Gasteiger partial charge in [-0.1, -0.05) is 18.2 Å². The highest BCUT2D eigenvalue weighted by Gasteiger charge is 2.26. The minimum Gasteiger partial charge on any atom is -0.496 e. The van der Waals surface area contributed by atoms with Crippen molar-refractivity contribution in [1.82, 2.24) is 20.2 Å². The maximum Gasteiger partial charge on any atom is 0.227 e. The van der Waals surface area contributed by atoms with Gasteiger partial charge in [0.1, 0.15) is 11.6 Å². The monoisotopic (exact) mass is 366 g/mol. The summed E-state index contributed by atoms with van der Waals surface area (Å²) in [7, 11) is 1.64. The Morgan fingerprint density at radius 1 is 1.30 bits per heavy atom. The van der Waals surface area contributed by atoms with Crippen molar-refractivity contribution >= 4 is 5.91 Å². The fourth-order valence-corrected chi connectivity index (χ4v) is 3.96. The van der Waals surface area contributed by atoms with E-state index < -0.39 is 0 Å². The van der Waals surface area contributed by atoms with Crippen LogP contribution in [0.3, 0.4) is 0 Å². The van der Waals surface area contributed by atoms with Crippen molar-refractivity contribution in [3.8, 4) is 5.75 Å². The van der Waals surface area contributed by atoms with Crippen LogP contribution in [-0.2, 0) is 24.2 Å². The Labute approximate surface area is 160 Å². The standard InChI is InChI=1S/C21H26N4O2/c1-27-19-5-3-2-4-16(19)12-20(26)25-10-7-15(8-11-25)21-23-14-17-13-22-9-6-18(17)24-21/h2-5,14-15,22H,6-13H2,1H3. The third kappa shape index (κ3) is 3.95. The van der Waals surface area contributed by atoms with E-state index >= 15 is 0 Å². The lowest BCUT2D eigenvalue weighted by atomic mass is 9.95. The van der Waals surface area contributed by atoms with Crippen LogP contribution in [0.5, 0.6) is 5.75 Å². The van der Waals surface area contributed by atoms with Crippen molar-refractivity contribution < 1.29 is 9.53 Å². The first-order valence-electron chi connectivity index (χ1n) is 9.69. The number of rotatable bonds is 4. The van der Waals surface area contributed by atoms with Crippen molar-refractivity contribution in [1.29, 1.82) is 0 Å². The minimum atomic E-state index is 0.162. The Morgan fingerprint density at radius 2 is 2.11 bits per heavy atom. The summed E-state index contributed by atoms with van der Waals surface area (Å²) in [6.07, 6.45) is 5.19. The van der Waals surface area contributed by atoms with Crippen LogP contribution in [0.1, 0.15) is 41.4 Å². The van der Waals surface area contributed by atoms with Gasteiger partial charge in [-0.05, 0) is 18.9 Å². The quantitative estimate of drug-likeness (QED) is 0.897. The maximum atomic E-state index is 12.7. The second kappa shape index (κ2) is 8.05. The molecule has 0 unspecified atom stereocenters. The molecule has 2 aromatic rings. The van der Waals surface area contributed by atoms with Crippen molar-refractivity contribution in [2.24, 2.45) is 0 Å². The second-order valence-electron chi connectivity index (χ2n) is 7.27. The molecule has 1 fully saturated rings. The minimum absolute atomic E-state index is 0.162. The lowest BCUT2D eigenvalue weighted by Crippen LogP contribution is -2.39. The summed E-state index contributed by atoms with van der Waals surface area (Å²) >= 11 is 0. The highest BCUT2D eigenvalue weighted by atomic mass is 16.5. The molecule has 1 amide bonds. The summed E-state index contributed by atoms with van der Waals surface area (Å²) in [5.41, 5.74) is 3.35. The Balaban J connectivity index is 1.36. The first kappa shape index (κ1) is 17.9. The topological polar surface area (TPSA) is 67.3 Å². The van der Waals surface area contributed by atoms with Crippen LogP contribution in [0.25, 0.3) is 0 Å². The fraction of sp³-hybridized carbons (Fsp3) is 0.476. The molecule has 0 bridgehead atoms. The van der Waals surface area contributed by atoms with Gasteiger partial charge < -0.3 is 15.0 Å². The van der Waals surface area contributed by atoms with Gasteiger partial charge in [-0.15, -0.1) is 0 Å². The second-order valence-corrected chi connectivity index (χ2v) is 7.27. The molecular formula is C21H26N4O2. The van der Waals surface area contributed by atoms with E-state index in [1.807, 2.05) is 35.4 Å². The average Bonchev–Trinajstić information content (AvgIpc) is 2.74. The fourth-order valence-electron chi connectivity index (χ4n) is 3.96. The number of nitrogens with zero attached hydrogens (tertiary/aromatic N) is 3. The molecule has 2 aliphatic rings. The van der Waals surface area contributed by atoms with Gasteiger partial charge in [0.15, 0.2) is 0 Å². The molecule has 1 saturated heterocycles. The van der Waals surface area contributed by atoms with Crippen LogP contribution < -0.4 is 10.1 Å². The number of benzene rings is 1. The Bertz CT molecular complexity index is 816. The molecule has 0 aliphatic carbocycles. The highest BCUT2D eigenvalue weighted by molar-refractivity contribution is 5.79. The van der Waals surface area contributed by atoms with Crippen LogP contribution in [0, 0.1) is 0 Å². The summed E-state index contributed by atoms with van der Waals surface area (Å²) in [4.78, 5) is 24.1. The molecule has 0 saturated carbocycles. The first-order valence-corrected chi connectivity index (χ1v) is 9.69. The van der Waals surface area contributed by atoms with E-state index in [1.54, 1.807) is 7.11 Å². The molecule has 6 heteroatoms. The molecule has 27 heavy (non-hydrogen) atoms. The van der Waals surface area contributed by atoms with Gasteiger partial charge in [-0.25, -0.2) is 9.97 Å². The number of aromatic nitrogens is 2. The average molecular weight is 366 g/mol. The molecule has 4 rings (SSSR count). The maximum absolute atomic E-state index is 12.7. The van der Waals surface area contributed by atoms with Crippen LogP contribution in [0.2, 0.25) is 0 Å². The molecule has 2 aliphatic heterocycles. The number of likely N-dealkylation sites (tertiary alicyclic amines) is 1. The smallest absolute Gasteiger partial charge is 0.227 e. The van der Waals surface area contributed by atoms with Gasteiger partial charge in [-0.2, -0.15) is 0 Å². The number of para-hydroxylation sites is 1. The first-order chi connectivity index (χ1) is 13.2. The van der Waals surface area contributed by atoms with Crippen LogP contribution >= 0.6 is 0 Å². The van der Waals surface area contributed by atoms with Crippen molar-refractivity contribution in [2.75, 3.05) is 26.7 Å². The van der Waals surface area contributed by atoms with E-state index in [-0.39, 0.29) is 5.91 Å². The van der Waals surface area contributed by atoms with Gasteiger partial charge in [0.05, 0.1) is 13.5 Å². The number of nitrogens with one attached hydrogen (secondary N) is 1. The molecule has 142 valence electrons. The zero-order valence-electron chi connectivity index (χ0n) is 15.8. The van der Waals surface area contributed by atoms with Crippen LogP contribution in [0.4, 0.5) is 0 Å². The molecule has 0 atom stereocenters. The highest BCUT2D eigenvalue weighted by Crippen LogP contribution is 2.27. The Morgan fingerprint density at radius 3 is 2.93 bits per heavy atom. The molecular weight excluding hydrogens is 340 g/mol. The summed E-state index contributed by atoms with van der Waals surface area (Å²) in [6, 6.07) is 7.73. The molecule has 1 aromatic heterocycles. The molecule has 6 nitrogen and oxygen atoms in total. The predicted octanol–water partition coefficient (Wildman–Crippen LogP) is 2.08. The Hall–Kier alpha value is -2.47. The van der Waals surface area contributed by atoms with Crippen molar-refractivity contribution in [3.05, 3.63) is 53.1 Å². The number of carbonyl (C=O) groups excluding carboxylic acids is 1. The normalized spacial score (nSPS) is 17.4. The van der Waals surface area contributed by atoms with E-state index in [0.717, 1.165) is 62.6 Å². The largest absolute Gasteiger partial charge is 0.496 e. The number of amides is 1. The van der Waals surface area contributed by atoms with Gasteiger partial charge in [-0.3, -0.25) is 4.79 Å². The van der Waals surface area contributed by atoms with Crippen LogP contribution in [-0.4, -0.2) is 47.5 Å². The number of fused-ring (bicyclic) bond motifs is 1. The van der Waals surface area contributed by atoms with Crippen molar-refractivity contribution in [3.63, 3.8) is 0 Å². The van der Waals surface area contributed by atoms with Crippen molar-refractivity contribution in [2.45, 2.75) is 38.1 Å². The third-order valence-electron chi connectivity index (χ3n) is 5.57. The number of piperidine rings is 1. The summed E-state index contributed by atoms with van der Waals surface area (Å²) in [5.74, 6) is 2.24. The number of carbonyl (C=O) groups is 1. The Kier molecular flexibility index (Phi) is 5.34. The lowest BCUT2D eigenvalue weighted by Gasteiger charge is -2.32. The zero-order valence-corrected chi connectivity index (χ0v) is 15.8. The van der Waals surface area contributed by atoms with E-state index in [4.69, 9.17) is 9.72 Å². The predicted molar refractivity (Wildman–Crippen MR) is 103 cm³/mol. The molecule has 3 heterocycles. The van der Waals surface area contributed by atoms with Gasteiger partial charge >= 0.3 is 0 Å². The molecule has 0 radical (unpaired) electrons. The zero-order chi connectivity index (χ0) is 18.6.